The van der Waals surface area contributed by atoms with Crippen molar-refractivity contribution >= 4 is 34.0 Å². The van der Waals surface area contributed by atoms with Crippen molar-refractivity contribution in [2.75, 3.05) is 11.9 Å². The number of nitrogens with zero attached hydrogens (tertiary/aromatic N) is 2. The summed E-state index contributed by atoms with van der Waals surface area (Å²) < 4.78 is 0.852. The zero-order valence-corrected chi connectivity index (χ0v) is 12.3. The molecule has 2 N–H and O–H groups in total. The number of hydrogen-bond donors (Lipinski definition) is 2. The molecule has 0 fully saturated rings. The van der Waals surface area contributed by atoms with Crippen LogP contribution < -0.4 is 5.32 Å². The minimum atomic E-state index is -0.386. The van der Waals surface area contributed by atoms with Crippen LogP contribution in [0.3, 0.4) is 0 Å². The largest absolute Gasteiger partial charge is 0.384 e. The van der Waals surface area contributed by atoms with Crippen LogP contribution in [0.2, 0.25) is 0 Å². The molecule has 0 aliphatic rings. The molecule has 0 radical (unpaired) electrons. The lowest BCUT2D eigenvalue weighted by molar-refractivity contribution is -0.384. The normalized spacial score (nSPS) is 10.4. The number of imidazole rings is 1. The van der Waals surface area contributed by atoms with Crippen LogP contribution in [0.25, 0.3) is 0 Å². The fourth-order valence-corrected chi connectivity index (χ4v) is 2.36. The first-order valence-electron chi connectivity index (χ1n) is 5.83. The third-order valence-corrected chi connectivity index (χ3v) is 3.52. The highest BCUT2D eigenvalue weighted by molar-refractivity contribution is 14.1. The van der Waals surface area contributed by atoms with Crippen LogP contribution in [0.15, 0.2) is 30.6 Å². The van der Waals surface area contributed by atoms with Gasteiger partial charge in [-0.05, 0) is 35.1 Å². The summed E-state index contributed by atoms with van der Waals surface area (Å²) in [4.78, 5) is 17.4. The van der Waals surface area contributed by atoms with E-state index in [1.165, 1.54) is 6.07 Å². The Morgan fingerprint density at radius 3 is 2.95 bits per heavy atom. The highest BCUT2D eigenvalue weighted by Crippen LogP contribution is 2.23. The molecule has 0 amide bonds. The number of nitrogens with one attached hydrogen (secondary N) is 2. The number of nitro benzene ring substituents is 1. The lowest BCUT2D eigenvalue weighted by Crippen LogP contribution is -2.05. The Kier molecular flexibility index (Phi) is 4.72. The van der Waals surface area contributed by atoms with E-state index in [9.17, 15) is 10.1 Å². The molecule has 1 aromatic heterocycles. The Hall–Kier alpha value is -1.64. The molecule has 2 rings (SSSR count). The van der Waals surface area contributed by atoms with E-state index >= 15 is 0 Å². The van der Waals surface area contributed by atoms with Gasteiger partial charge in [0.15, 0.2) is 0 Å². The maximum absolute atomic E-state index is 10.6. The van der Waals surface area contributed by atoms with Crippen LogP contribution in [0, 0.1) is 13.7 Å². The molecule has 2 aromatic rings. The monoisotopic (exact) mass is 372 g/mol. The van der Waals surface area contributed by atoms with Crippen molar-refractivity contribution in [3.05, 3.63) is 50.1 Å². The van der Waals surface area contributed by atoms with E-state index in [4.69, 9.17) is 0 Å². The first-order valence-corrected chi connectivity index (χ1v) is 6.91. The van der Waals surface area contributed by atoms with Gasteiger partial charge in [0.05, 0.1) is 4.92 Å². The molecule has 0 unspecified atom stereocenters. The standard InChI is InChI=1S/C12H13IN4O2/c13-10-8-9(17(18)19)3-4-11(10)14-5-1-2-12-15-6-7-16-12/h3-4,6-8,14H,1-2,5H2,(H,15,16). The van der Waals surface area contributed by atoms with Crippen molar-refractivity contribution in [1.82, 2.24) is 9.97 Å². The van der Waals surface area contributed by atoms with Crippen molar-refractivity contribution in [3.63, 3.8) is 0 Å². The molecular formula is C12H13IN4O2. The van der Waals surface area contributed by atoms with Crippen LogP contribution in [0.1, 0.15) is 12.2 Å². The molecule has 1 aromatic carbocycles. The minimum Gasteiger partial charge on any atom is -0.384 e. The van der Waals surface area contributed by atoms with Crippen LogP contribution >= 0.6 is 22.6 Å². The highest BCUT2D eigenvalue weighted by Gasteiger charge is 2.08. The molecule has 6 nitrogen and oxygen atoms in total. The van der Waals surface area contributed by atoms with E-state index in [1.54, 1.807) is 18.3 Å². The Morgan fingerprint density at radius 1 is 1.47 bits per heavy atom. The lowest BCUT2D eigenvalue weighted by atomic mass is 10.2. The number of hydrogen-bond acceptors (Lipinski definition) is 4. The summed E-state index contributed by atoms with van der Waals surface area (Å²) >= 11 is 2.10. The molecule has 0 saturated carbocycles. The summed E-state index contributed by atoms with van der Waals surface area (Å²) in [6, 6.07) is 4.82. The predicted octanol–water partition coefficient (Wildman–Crippen LogP) is 2.97. The molecule has 0 saturated heterocycles. The maximum Gasteiger partial charge on any atom is 0.270 e. The van der Waals surface area contributed by atoms with Gasteiger partial charge in [-0.2, -0.15) is 0 Å². The first-order chi connectivity index (χ1) is 9.16. The van der Waals surface area contributed by atoms with Crippen molar-refractivity contribution < 1.29 is 4.92 Å². The number of rotatable bonds is 6. The second-order valence-electron chi connectivity index (χ2n) is 3.99. The Labute approximate surface area is 123 Å². The smallest absolute Gasteiger partial charge is 0.270 e. The van der Waals surface area contributed by atoms with Crippen LogP contribution in [-0.2, 0) is 6.42 Å². The van der Waals surface area contributed by atoms with Gasteiger partial charge in [0.1, 0.15) is 5.82 Å². The van der Waals surface area contributed by atoms with Crippen molar-refractivity contribution in [1.29, 1.82) is 0 Å². The lowest BCUT2D eigenvalue weighted by Gasteiger charge is -2.07. The summed E-state index contributed by atoms with van der Waals surface area (Å²) in [5, 5.41) is 13.9. The Morgan fingerprint density at radius 2 is 2.32 bits per heavy atom. The average molecular weight is 372 g/mol. The van der Waals surface area contributed by atoms with E-state index in [-0.39, 0.29) is 10.6 Å². The number of H-pyrrole nitrogens is 1. The summed E-state index contributed by atoms with van der Waals surface area (Å²) in [5.74, 6) is 0.972. The molecule has 0 aliphatic heterocycles. The van der Waals surface area contributed by atoms with Crippen LogP contribution in [-0.4, -0.2) is 21.4 Å². The number of nitro groups is 1. The van der Waals surface area contributed by atoms with Gasteiger partial charge in [0.2, 0.25) is 0 Å². The van der Waals surface area contributed by atoms with Crippen LogP contribution in [0.4, 0.5) is 11.4 Å². The van der Waals surface area contributed by atoms with Crippen molar-refractivity contribution in [2.24, 2.45) is 0 Å². The summed E-state index contributed by atoms with van der Waals surface area (Å²) in [6.07, 6.45) is 5.37. The van der Waals surface area contributed by atoms with Gasteiger partial charge in [-0.25, -0.2) is 4.98 Å². The fraction of sp³-hybridized carbons (Fsp3) is 0.250. The molecule has 0 spiro atoms. The third kappa shape index (κ3) is 3.91. The number of halogens is 1. The number of non-ortho nitro benzene ring substituents is 1. The number of benzene rings is 1. The fourth-order valence-electron chi connectivity index (χ4n) is 1.67. The van der Waals surface area contributed by atoms with E-state index < -0.39 is 0 Å². The van der Waals surface area contributed by atoms with Crippen LogP contribution in [0.5, 0.6) is 0 Å². The van der Waals surface area contributed by atoms with Crippen molar-refractivity contribution in [3.8, 4) is 0 Å². The number of aromatic nitrogens is 2. The molecule has 0 atom stereocenters. The van der Waals surface area contributed by atoms with Gasteiger partial charge in [0, 0.05) is 46.7 Å². The Balaban J connectivity index is 1.84. The zero-order chi connectivity index (χ0) is 13.7. The van der Waals surface area contributed by atoms with Crippen molar-refractivity contribution in [2.45, 2.75) is 12.8 Å². The second kappa shape index (κ2) is 6.50. The molecule has 0 bridgehead atoms. The molecule has 100 valence electrons. The topological polar surface area (TPSA) is 83.8 Å². The van der Waals surface area contributed by atoms with Gasteiger partial charge in [-0.15, -0.1) is 0 Å². The van der Waals surface area contributed by atoms with Gasteiger partial charge in [-0.3, -0.25) is 10.1 Å². The number of aromatic amines is 1. The maximum atomic E-state index is 10.6. The summed E-state index contributed by atoms with van der Waals surface area (Å²) in [6.45, 7) is 0.800. The van der Waals surface area contributed by atoms with E-state index in [0.717, 1.165) is 34.5 Å². The third-order valence-electron chi connectivity index (χ3n) is 2.62. The molecular weight excluding hydrogens is 359 g/mol. The van der Waals surface area contributed by atoms with Gasteiger partial charge in [-0.1, -0.05) is 0 Å². The highest BCUT2D eigenvalue weighted by atomic mass is 127. The molecule has 19 heavy (non-hydrogen) atoms. The van der Waals surface area contributed by atoms with E-state index in [1.807, 2.05) is 6.20 Å². The summed E-state index contributed by atoms with van der Waals surface area (Å²) in [5.41, 5.74) is 1.04. The minimum absolute atomic E-state index is 0.116. The molecule has 0 aliphatic carbocycles. The van der Waals surface area contributed by atoms with Gasteiger partial charge >= 0.3 is 0 Å². The first kappa shape index (κ1) is 13.8. The average Bonchev–Trinajstić information content (AvgIpc) is 2.89. The van der Waals surface area contributed by atoms with Gasteiger partial charge < -0.3 is 10.3 Å². The van der Waals surface area contributed by atoms with E-state index in [2.05, 4.69) is 37.9 Å². The molecule has 1 heterocycles. The quantitative estimate of drug-likeness (QED) is 0.354. The predicted molar refractivity (Wildman–Crippen MR) is 81.2 cm³/mol. The van der Waals surface area contributed by atoms with Gasteiger partial charge in [0.25, 0.3) is 5.69 Å². The SMILES string of the molecule is O=[N+]([O-])c1ccc(NCCCc2ncc[nH]2)c(I)c1. The second-order valence-corrected chi connectivity index (χ2v) is 5.15. The summed E-state index contributed by atoms with van der Waals surface area (Å²) in [7, 11) is 0. The number of aryl methyl sites for hydroxylation is 1. The number of anilines is 1. The van der Waals surface area contributed by atoms with E-state index in [0.29, 0.717) is 0 Å². The zero-order valence-electron chi connectivity index (χ0n) is 10.1. The Bertz CT molecular complexity index is 557. The molecule has 7 heteroatoms.